The first kappa shape index (κ1) is 14.4. The summed E-state index contributed by atoms with van der Waals surface area (Å²) in [5.41, 5.74) is 4.54. The second-order valence-corrected chi connectivity index (χ2v) is 5.59. The van der Waals surface area contributed by atoms with E-state index in [0.29, 0.717) is 0 Å². The Hall–Kier alpha value is -3.20. The number of benzene rings is 2. The van der Waals surface area contributed by atoms with Crippen LogP contribution in [-0.2, 0) is 0 Å². The van der Waals surface area contributed by atoms with Gasteiger partial charge in [-0.25, -0.2) is 4.39 Å². The minimum atomic E-state index is -0.251. The monoisotopic (exact) mass is 314 g/mol. The first-order chi connectivity index (χ1) is 11.8. The van der Waals surface area contributed by atoms with E-state index in [9.17, 15) is 4.39 Å². The van der Waals surface area contributed by atoms with Crippen molar-refractivity contribution >= 4 is 0 Å². The predicted octanol–water partition coefficient (Wildman–Crippen LogP) is 5.35. The summed E-state index contributed by atoms with van der Waals surface area (Å²) < 4.78 is 16.0. The van der Waals surface area contributed by atoms with Gasteiger partial charge < -0.3 is 4.57 Å². The van der Waals surface area contributed by atoms with Crippen molar-refractivity contribution in [3.8, 4) is 28.1 Å². The number of halogens is 1. The van der Waals surface area contributed by atoms with Crippen molar-refractivity contribution in [1.82, 2.24) is 9.55 Å². The molecule has 0 saturated heterocycles. The van der Waals surface area contributed by atoms with E-state index < -0.39 is 0 Å². The van der Waals surface area contributed by atoms with Crippen LogP contribution in [0, 0.1) is 5.82 Å². The molecule has 4 aromatic rings. The molecule has 2 aromatic heterocycles. The van der Waals surface area contributed by atoms with Gasteiger partial charge in [0.25, 0.3) is 0 Å². The summed E-state index contributed by atoms with van der Waals surface area (Å²) in [6.45, 7) is 0. The molecule has 0 unspecified atom stereocenters. The zero-order chi connectivity index (χ0) is 16.4. The molecular formula is C21H15FN2. The van der Waals surface area contributed by atoms with Gasteiger partial charge in [0.2, 0.25) is 0 Å². The molecule has 0 bridgehead atoms. The van der Waals surface area contributed by atoms with Crippen LogP contribution in [0.4, 0.5) is 4.39 Å². The lowest BCUT2D eigenvalue weighted by Gasteiger charge is -2.08. The molecule has 0 N–H and O–H groups in total. The van der Waals surface area contributed by atoms with Gasteiger partial charge in [-0.05, 0) is 47.5 Å². The summed E-state index contributed by atoms with van der Waals surface area (Å²) in [5, 5.41) is 0. The van der Waals surface area contributed by atoms with Crippen LogP contribution >= 0.6 is 0 Å². The number of hydrogen-bond acceptors (Lipinski definition) is 1. The first-order valence-electron chi connectivity index (χ1n) is 7.75. The largest absolute Gasteiger partial charge is 0.323 e. The van der Waals surface area contributed by atoms with Crippen LogP contribution in [0.3, 0.4) is 0 Å². The maximum absolute atomic E-state index is 14.1. The van der Waals surface area contributed by atoms with Crippen LogP contribution in [0.2, 0.25) is 0 Å². The SMILES string of the molecule is Fc1cc(-c2ccccc2)cc(-n2ccc(-c3ccccn3)c2)c1. The molecule has 0 spiro atoms. The van der Waals surface area contributed by atoms with Crippen molar-refractivity contribution in [3.05, 3.63) is 97.2 Å². The van der Waals surface area contributed by atoms with E-state index in [2.05, 4.69) is 4.98 Å². The summed E-state index contributed by atoms with van der Waals surface area (Å²) in [5.74, 6) is -0.251. The van der Waals surface area contributed by atoms with Gasteiger partial charge in [-0.15, -0.1) is 0 Å². The van der Waals surface area contributed by atoms with Gasteiger partial charge in [-0.1, -0.05) is 36.4 Å². The van der Waals surface area contributed by atoms with Gasteiger partial charge in [0, 0.05) is 29.8 Å². The van der Waals surface area contributed by atoms with Gasteiger partial charge >= 0.3 is 0 Å². The molecule has 116 valence electrons. The molecule has 24 heavy (non-hydrogen) atoms. The zero-order valence-electron chi connectivity index (χ0n) is 12.9. The summed E-state index contributed by atoms with van der Waals surface area (Å²) in [6.07, 6.45) is 5.65. The second-order valence-electron chi connectivity index (χ2n) is 5.59. The maximum Gasteiger partial charge on any atom is 0.125 e. The highest BCUT2D eigenvalue weighted by Gasteiger charge is 2.07. The maximum atomic E-state index is 14.1. The third kappa shape index (κ3) is 2.84. The molecule has 0 aliphatic rings. The van der Waals surface area contributed by atoms with Gasteiger partial charge in [-0.2, -0.15) is 0 Å². The minimum absolute atomic E-state index is 0.251. The Labute approximate surface area is 139 Å². The number of hydrogen-bond donors (Lipinski definition) is 0. The van der Waals surface area contributed by atoms with Crippen molar-refractivity contribution in [2.45, 2.75) is 0 Å². The summed E-state index contributed by atoms with van der Waals surface area (Å²) >= 11 is 0. The van der Waals surface area contributed by atoms with Crippen LogP contribution in [0.25, 0.3) is 28.1 Å². The fourth-order valence-electron chi connectivity index (χ4n) is 2.76. The van der Waals surface area contributed by atoms with E-state index in [4.69, 9.17) is 0 Å². The first-order valence-corrected chi connectivity index (χ1v) is 7.75. The van der Waals surface area contributed by atoms with Crippen molar-refractivity contribution < 1.29 is 4.39 Å². The molecule has 2 heterocycles. The molecule has 0 amide bonds. The molecule has 0 aliphatic carbocycles. The van der Waals surface area contributed by atoms with Crippen molar-refractivity contribution in [1.29, 1.82) is 0 Å². The third-order valence-electron chi connectivity index (χ3n) is 3.94. The van der Waals surface area contributed by atoms with Gasteiger partial charge in [0.05, 0.1) is 5.69 Å². The summed E-state index contributed by atoms with van der Waals surface area (Å²) in [6, 6.07) is 22.7. The Morgan fingerprint density at radius 3 is 2.38 bits per heavy atom. The van der Waals surface area contributed by atoms with E-state index in [0.717, 1.165) is 28.1 Å². The topological polar surface area (TPSA) is 17.8 Å². The predicted molar refractivity (Wildman–Crippen MR) is 94.4 cm³/mol. The molecule has 4 rings (SSSR count). The highest BCUT2D eigenvalue weighted by molar-refractivity contribution is 5.67. The van der Waals surface area contributed by atoms with Crippen LogP contribution in [0.1, 0.15) is 0 Å². The van der Waals surface area contributed by atoms with E-state index in [1.165, 1.54) is 6.07 Å². The molecular weight excluding hydrogens is 299 g/mol. The summed E-state index contributed by atoms with van der Waals surface area (Å²) in [7, 11) is 0. The number of aromatic nitrogens is 2. The van der Waals surface area contributed by atoms with Crippen LogP contribution in [-0.4, -0.2) is 9.55 Å². The fraction of sp³-hybridized carbons (Fsp3) is 0. The number of pyridine rings is 1. The second kappa shape index (κ2) is 6.13. The molecule has 0 saturated carbocycles. The van der Waals surface area contributed by atoms with E-state index in [-0.39, 0.29) is 5.82 Å². The fourth-order valence-corrected chi connectivity index (χ4v) is 2.76. The Bertz CT molecular complexity index is 960. The lowest BCUT2D eigenvalue weighted by Crippen LogP contribution is -1.92. The summed E-state index contributed by atoms with van der Waals surface area (Å²) in [4.78, 5) is 4.35. The molecule has 0 atom stereocenters. The Morgan fingerprint density at radius 1 is 0.750 bits per heavy atom. The van der Waals surface area contributed by atoms with E-state index in [1.807, 2.05) is 77.6 Å². The molecule has 0 aliphatic heterocycles. The molecule has 0 radical (unpaired) electrons. The highest BCUT2D eigenvalue weighted by Crippen LogP contribution is 2.25. The van der Waals surface area contributed by atoms with Crippen LogP contribution in [0.15, 0.2) is 91.4 Å². The molecule has 3 heteroatoms. The molecule has 0 fully saturated rings. The van der Waals surface area contributed by atoms with Crippen molar-refractivity contribution in [2.75, 3.05) is 0 Å². The van der Waals surface area contributed by atoms with E-state index >= 15 is 0 Å². The van der Waals surface area contributed by atoms with Crippen molar-refractivity contribution in [3.63, 3.8) is 0 Å². The average Bonchev–Trinajstić information content (AvgIpc) is 3.13. The van der Waals surface area contributed by atoms with Crippen LogP contribution < -0.4 is 0 Å². The smallest absolute Gasteiger partial charge is 0.125 e. The third-order valence-corrected chi connectivity index (χ3v) is 3.94. The Balaban J connectivity index is 1.75. The zero-order valence-corrected chi connectivity index (χ0v) is 12.9. The molecule has 2 nitrogen and oxygen atoms in total. The quantitative estimate of drug-likeness (QED) is 0.499. The van der Waals surface area contributed by atoms with Crippen molar-refractivity contribution in [2.24, 2.45) is 0 Å². The van der Waals surface area contributed by atoms with Gasteiger partial charge in [-0.3, -0.25) is 4.98 Å². The number of nitrogens with zero attached hydrogens (tertiary/aromatic N) is 2. The van der Waals surface area contributed by atoms with E-state index in [1.54, 1.807) is 12.3 Å². The highest BCUT2D eigenvalue weighted by atomic mass is 19.1. The van der Waals surface area contributed by atoms with Crippen LogP contribution in [0.5, 0.6) is 0 Å². The molecule has 2 aromatic carbocycles. The van der Waals surface area contributed by atoms with Gasteiger partial charge in [0.15, 0.2) is 0 Å². The van der Waals surface area contributed by atoms with Gasteiger partial charge in [0.1, 0.15) is 5.82 Å². The average molecular weight is 314 g/mol. The minimum Gasteiger partial charge on any atom is -0.323 e. The lowest BCUT2D eigenvalue weighted by molar-refractivity contribution is 0.627. The Morgan fingerprint density at radius 2 is 1.58 bits per heavy atom. The number of rotatable bonds is 3. The normalized spacial score (nSPS) is 10.7. The standard InChI is InChI=1S/C21H15FN2/c22-19-12-18(16-6-2-1-3-7-16)13-20(14-19)24-11-9-17(15-24)21-8-4-5-10-23-21/h1-15H. The Kier molecular flexibility index (Phi) is 3.67. The lowest BCUT2D eigenvalue weighted by atomic mass is 10.0.